The Kier molecular flexibility index (Phi) is 4.26. The Bertz CT molecular complexity index is 467. The quantitative estimate of drug-likeness (QED) is 0.799. The van der Waals surface area contributed by atoms with Gasteiger partial charge in [0.2, 0.25) is 0 Å². The highest BCUT2D eigenvalue weighted by Gasteiger charge is 2.22. The molecule has 1 aromatic carbocycles. The first-order valence-corrected chi connectivity index (χ1v) is 7.06. The highest BCUT2D eigenvalue weighted by Crippen LogP contribution is 2.29. The van der Waals surface area contributed by atoms with Gasteiger partial charge in [-0.15, -0.1) is 0 Å². The van der Waals surface area contributed by atoms with Crippen LogP contribution in [0.15, 0.2) is 22.7 Å². The summed E-state index contributed by atoms with van der Waals surface area (Å²) in [6.45, 7) is 5.40. The van der Waals surface area contributed by atoms with Gasteiger partial charge in [0.15, 0.2) is 0 Å². The van der Waals surface area contributed by atoms with Gasteiger partial charge in [-0.05, 0) is 55.0 Å². The average Bonchev–Trinajstić information content (AvgIpc) is 2.49. The molecule has 1 fully saturated rings. The summed E-state index contributed by atoms with van der Waals surface area (Å²) in [5.41, 5.74) is 1.79. The first-order chi connectivity index (χ1) is 8.63. The average molecular weight is 308 g/mol. The van der Waals surface area contributed by atoms with Gasteiger partial charge in [-0.3, -0.25) is 0 Å². The van der Waals surface area contributed by atoms with E-state index in [0.717, 1.165) is 41.8 Å². The number of hydrogen-bond acceptors (Lipinski definition) is 3. The maximum absolute atomic E-state index is 9.32. The van der Waals surface area contributed by atoms with Gasteiger partial charge in [-0.1, -0.05) is 6.07 Å². The van der Waals surface area contributed by atoms with Crippen molar-refractivity contribution in [3.63, 3.8) is 0 Å². The number of hydrogen-bond donors (Lipinski definition) is 0. The number of halogens is 1. The molecule has 0 N–H and O–H groups in total. The number of nitrogens with zero attached hydrogens (tertiary/aromatic N) is 3. The summed E-state index contributed by atoms with van der Waals surface area (Å²) in [7, 11) is 2.16. The second kappa shape index (κ2) is 5.73. The molecule has 1 unspecified atom stereocenters. The molecular formula is C14H18BrN3. The lowest BCUT2D eigenvalue weighted by Gasteiger charge is -2.31. The third kappa shape index (κ3) is 2.68. The predicted octanol–water partition coefficient (Wildman–Crippen LogP) is 2.85. The number of rotatable bonds is 1. The second-order valence-corrected chi connectivity index (χ2v) is 5.76. The third-order valence-electron chi connectivity index (χ3n) is 3.46. The zero-order valence-electron chi connectivity index (χ0n) is 10.9. The molecule has 1 aromatic rings. The number of nitriles is 1. The van der Waals surface area contributed by atoms with Gasteiger partial charge in [0.25, 0.3) is 0 Å². The lowest BCUT2D eigenvalue weighted by atomic mass is 10.1. The van der Waals surface area contributed by atoms with Gasteiger partial charge in [-0.25, -0.2) is 0 Å². The van der Waals surface area contributed by atoms with E-state index in [1.54, 1.807) is 0 Å². The zero-order valence-corrected chi connectivity index (χ0v) is 12.4. The largest absolute Gasteiger partial charge is 0.366 e. The summed E-state index contributed by atoms with van der Waals surface area (Å²) in [5.74, 6) is 0. The predicted molar refractivity (Wildman–Crippen MR) is 77.8 cm³/mol. The van der Waals surface area contributed by atoms with E-state index >= 15 is 0 Å². The third-order valence-corrected chi connectivity index (χ3v) is 4.12. The van der Waals surface area contributed by atoms with Crippen molar-refractivity contribution >= 4 is 21.6 Å². The van der Waals surface area contributed by atoms with E-state index in [2.05, 4.69) is 45.8 Å². The van der Waals surface area contributed by atoms with Crippen LogP contribution in [0.3, 0.4) is 0 Å². The molecule has 96 valence electrons. The zero-order chi connectivity index (χ0) is 13.1. The molecule has 0 aliphatic carbocycles. The van der Waals surface area contributed by atoms with Gasteiger partial charge in [-0.2, -0.15) is 5.26 Å². The number of anilines is 1. The van der Waals surface area contributed by atoms with Crippen LogP contribution in [-0.4, -0.2) is 37.6 Å². The Balaban J connectivity index is 2.36. The van der Waals surface area contributed by atoms with Gasteiger partial charge in [0, 0.05) is 23.6 Å². The van der Waals surface area contributed by atoms with Crippen LogP contribution >= 0.6 is 15.9 Å². The molecule has 0 radical (unpaired) electrons. The molecule has 2 rings (SSSR count). The van der Waals surface area contributed by atoms with Crippen molar-refractivity contribution in [1.29, 1.82) is 5.26 Å². The molecule has 1 atom stereocenters. The maximum Gasteiger partial charge on any atom is 0.103 e. The molecule has 0 bridgehead atoms. The van der Waals surface area contributed by atoms with Crippen molar-refractivity contribution in [2.45, 2.75) is 19.4 Å². The van der Waals surface area contributed by atoms with E-state index in [1.165, 1.54) is 0 Å². The molecule has 3 nitrogen and oxygen atoms in total. The van der Waals surface area contributed by atoms with Crippen LogP contribution in [0, 0.1) is 11.3 Å². The smallest absolute Gasteiger partial charge is 0.103 e. The molecule has 0 saturated carbocycles. The standard InChI is InChI=1S/C14H18BrN3/c1-11-10-17(2)7-4-8-18(11)14-6-3-5-13(15)12(14)9-16/h3,5-6,11H,4,7-8,10H2,1-2H3. The maximum atomic E-state index is 9.32. The van der Waals surface area contributed by atoms with Crippen LogP contribution in [0.5, 0.6) is 0 Å². The summed E-state index contributed by atoms with van der Waals surface area (Å²) in [6.07, 6.45) is 1.14. The van der Waals surface area contributed by atoms with Gasteiger partial charge >= 0.3 is 0 Å². The SMILES string of the molecule is CC1CN(C)CCCN1c1cccc(Br)c1C#N. The van der Waals surface area contributed by atoms with Crippen molar-refractivity contribution in [2.24, 2.45) is 0 Å². The van der Waals surface area contributed by atoms with E-state index in [4.69, 9.17) is 0 Å². The summed E-state index contributed by atoms with van der Waals surface area (Å²) >= 11 is 3.47. The topological polar surface area (TPSA) is 30.3 Å². The highest BCUT2D eigenvalue weighted by atomic mass is 79.9. The Morgan fingerprint density at radius 1 is 1.39 bits per heavy atom. The molecule has 1 heterocycles. The Morgan fingerprint density at radius 2 is 2.17 bits per heavy atom. The summed E-state index contributed by atoms with van der Waals surface area (Å²) in [4.78, 5) is 4.71. The van der Waals surface area contributed by atoms with Crippen molar-refractivity contribution < 1.29 is 0 Å². The fourth-order valence-corrected chi connectivity index (χ4v) is 3.04. The molecule has 4 heteroatoms. The number of likely N-dealkylation sites (N-methyl/N-ethyl adjacent to an activating group) is 1. The van der Waals surface area contributed by atoms with E-state index < -0.39 is 0 Å². The fourth-order valence-electron chi connectivity index (χ4n) is 2.59. The first-order valence-electron chi connectivity index (χ1n) is 6.27. The summed E-state index contributed by atoms with van der Waals surface area (Å²) in [5, 5.41) is 9.32. The van der Waals surface area contributed by atoms with Crippen LogP contribution in [0.1, 0.15) is 18.9 Å². The van der Waals surface area contributed by atoms with Crippen LogP contribution in [0.25, 0.3) is 0 Å². The van der Waals surface area contributed by atoms with Crippen molar-refractivity contribution in [3.8, 4) is 6.07 Å². The Labute approximate surface area is 117 Å². The summed E-state index contributed by atoms with van der Waals surface area (Å²) in [6, 6.07) is 8.72. The minimum Gasteiger partial charge on any atom is -0.366 e. The van der Waals surface area contributed by atoms with E-state index in [9.17, 15) is 5.26 Å². The van der Waals surface area contributed by atoms with E-state index in [-0.39, 0.29) is 0 Å². The molecule has 0 spiro atoms. The second-order valence-electron chi connectivity index (χ2n) is 4.90. The van der Waals surface area contributed by atoms with Crippen LogP contribution < -0.4 is 4.90 Å². The highest BCUT2D eigenvalue weighted by molar-refractivity contribution is 9.10. The minimum absolute atomic E-state index is 0.430. The normalized spacial score (nSPS) is 21.4. The lowest BCUT2D eigenvalue weighted by molar-refractivity contribution is 0.337. The van der Waals surface area contributed by atoms with Crippen LogP contribution in [0.4, 0.5) is 5.69 Å². The molecule has 1 aliphatic heterocycles. The molecule has 18 heavy (non-hydrogen) atoms. The van der Waals surface area contributed by atoms with E-state index in [1.807, 2.05) is 18.2 Å². The minimum atomic E-state index is 0.430. The lowest BCUT2D eigenvalue weighted by Crippen LogP contribution is -2.38. The Hall–Kier alpha value is -1.05. The molecular weight excluding hydrogens is 290 g/mol. The Morgan fingerprint density at radius 3 is 2.89 bits per heavy atom. The molecule has 1 saturated heterocycles. The molecule has 0 amide bonds. The summed E-state index contributed by atoms with van der Waals surface area (Å²) < 4.78 is 0.882. The van der Waals surface area contributed by atoms with Crippen molar-refractivity contribution in [2.75, 3.05) is 31.6 Å². The van der Waals surface area contributed by atoms with Crippen molar-refractivity contribution in [1.82, 2.24) is 4.90 Å². The van der Waals surface area contributed by atoms with Crippen molar-refractivity contribution in [3.05, 3.63) is 28.2 Å². The van der Waals surface area contributed by atoms with Crippen LogP contribution in [-0.2, 0) is 0 Å². The first kappa shape index (κ1) is 13.4. The van der Waals surface area contributed by atoms with Gasteiger partial charge in [0.1, 0.15) is 6.07 Å². The molecule has 1 aliphatic rings. The van der Waals surface area contributed by atoms with Crippen LogP contribution in [0.2, 0.25) is 0 Å². The molecule has 0 aromatic heterocycles. The van der Waals surface area contributed by atoms with E-state index in [0.29, 0.717) is 6.04 Å². The van der Waals surface area contributed by atoms with Gasteiger partial charge < -0.3 is 9.80 Å². The number of benzene rings is 1. The monoisotopic (exact) mass is 307 g/mol. The fraction of sp³-hybridized carbons (Fsp3) is 0.500. The van der Waals surface area contributed by atoms with Gasteiger partial charge in [0.05, 0.1) is 11.3 Å².